The lowest BCUT2D eigenvalue weighted by molar-refractivity contribution is 0.668. The highest BCUT2D eigenvalue weighted by atomic mass is 14.9. The van der Waals surface area contributed by atoms with E-state index in [0.29, 0.717) is 0 Å². The normalized spacial score (nSPS) is 16.0. The van der Waals surface area contributed by atoms with Crippen LogP contribution < -0.4 is 22.1 Å². The summed E-state index contributed by atoms with van der Waals surface area (Å²) in [7, 11) is 0. The van der Waals surface area contributed by atoms with Crippen LogP contribution in [0.4, 0.5) is 0 Å². The minimum absolute atomic E-state index is 0.183. The predicted octanol–water partition coefficient (Wildman–Crippen LogP) is -0.669. The fourth-order valence-corrected chi connectivity index (χ4v) is 0.626. The number of nitrogens with two attached hydrogens (primary N) is 2. The topological polar surface area (TPSA) is 76.1 Å². The second-order valence-electron chi connectivity index (χ2n) is 3.10. The quantitative estimate of drug-likeness (QED) is 0.429. The molecule has 0 radical (unpaired) electrons. The van der Waals surface area contributed by atoms with Crippen molar-refractivity contribution in [3.63, 3.8) is 0 Å². The molecule has 0 saturated carbocycles. The van der Waals surface area contributed by atoms with Crippen molar-refractivity contribution in [3.05, 3.63) is 12.4 Å². The number of hydrogen-bond donors (Lipinski definition) is 4. The Bertz CT molecular complexity index is 106. The van der Waals surface area contributed by atoms with E-state index in [1.807, 2.05) is 26.2 Å². The molecule has 4 heteroatoms. The van der Waals surface area contributed by atoms with E-state index in [1.165, 1.54) is 0 Å². The van der Waals surface area contributed by atoms with Crippen molar-refractivity contribution in [1.29, 1.82) is 0 Å². The lowest BCUT2D eigenvalue weighted by Crippen LogP contribution is -2.30. The highest BCUT2D eigenvalue weighted by molar-refractivity contribution is 4.79. The molecule has 0 amide bonds. The molecule has 72 valence electrons. The van der Waals surface area contributed by atoms with Crippen molar-refractivity contribution < 1.29 is 0 Å². The smallest absolute Gasteiger partial charge is 0.0291 e. The fourth-order valence-electron chi connectivity index (χ4n) is 0.626. The minimum atomic E-state index is 0.183. The van der Waals surface area contributed by atoms with Crippen molar-refractivity contribution in [1.82, 2.24) is 10.6 Å². The van der Waals surface area contributed by atoms with Gasteiger partial charge >= 0.3 is 0 Å². The molecule has 0 spiro atoms. The summed E-state index contributed by atoms with van der Waals surface area (Å²) in [6.45, 7) is 5.49. The maximum atomic E-state index is 5.52. The molecule has 0 saturated heterocycles. The average Bonchev–Trinajstić information content (AvgIpc) is 1.95. The van der Waals surface area contributed by atoms with E-state index >= 15 is 0 Å². The van der Waals surface area contributed by atoms with Gasteiger partial charge in [0.15, 0.2) is 0 Å². The molecule has 0 aromatic carbocycles. The molecule has 0 aromatic heterocycles. The van der Waals surface area contributed by atoms with Crippen molar-refractivity contribution in [2.75, 3.05) is 13.1 Å². The third kappa shape index (κ3) is 9.26. The first-order valence-corrected chi connectivity index (χ1v) is 4.26. The summed E-state index contributed by atoms with van der Waals surface area (Å²) < 4.78 is 0. The zero-order valence-electron chi connectivity index (χ0n) is 7.88. The summed E-state index contributed by atoms with van der Waals surface area (Å²) in [5.41, 5.74) is 11.0. The Balaban J connectivity index is 3.15. The largest absolute Gasteiger partial charge is 0.388 e. The molecule has 0 bridgehead atoms. The first-order chi connectivity index (χ1) is 5.63. The first-order valence-electron chi connectivity index (χ1n) is 4.26. The van der Waals surface area contributed by atoms with Crippen LogP contribution in [0.1, 0.15) is 13.8 Å². The molecule has 6 N–H and O–H groups in total. The van der Waals surface area contributed by atoms with Gasteiger partial charge in [-0.2, -0.15) is 0 Å². The molecular weight excluding hydrogens is 152 g/mol. The van der Waals surface area contributed by atoms with Gasteiger partial charge in [-0.05, 0) is 13.8 Å². The van der Waals surface area contributed by atoms with Crippen LogP contribution in [-0.2, 0) is 0 Å². The Labute approximate surface area is 74.4 Å². The van der Waals surface area contributed by atoms with Crippen LogP contribution in [0.2, 0.25) is 0 Å². The SMILES string of the molecule is C[C@@H](N)CN/C=C\NC[C@@H](C)N. The zero-order chi connectivity index (χ0) is 9.40. The van der Waals surface area contributed by atoms with Crippen LogP contribution in [0, 0.1) is 0 Å². The number of rotatable bonds is 6. The van der Waals surface area contributed by atoms with Crippen molar-refractivity contribution in [2.24, 2.45) is 11.5 Å². The Morgan fingerprint density at radius 3 is 1.58 bits per heavy atom. The number of nitrogens with one attached hydrogen (secondary N) is 2. The van der Waals surface area contributed by atoms with E-state index in [1.54, 1.807) is 0 Å². The van der Waals surface area contributed by atoms with Gasteiger partial charge in [-0.3, -0.25) is 0 Å². The fraction of sp³-hybridized carbons (Fsp3) is 0.750. The van der Waals surface area contributed by atoms with Gasteiger partial charge in [0.2, 0.25) is 0 Å². The van der Waals surface area contributed by atoms with Gasteiger partial charge in [-0.15, -0.1) is 0 Å². The molecule has 0 aliphatic carbocycles. The summed E-state index contributed by atoms with van der Waals surface area (Å²) in [6, 6.07) is 0.367. The molecule has 4 nitrogen and oxygen atoms in total. The molecule has 12 heavy (non-hydrogen) atoms. The monoisotopic (exact) mass is 172 g/mol. The van der Waals surface area contributed by atoms with E-state index in [4.69, 9.17) is 11.5 Å². The van der Waals surface area contributed by atoms with Gasteiger partial charge in [-0.25, -0.2) is 0 Å². The lowest BCUT2D eigenvalue weighted by atomic mass is 10.4. The van der Waals surface area contributed by atoms with E-state index in [9.17, 15) is 0 Å². The maximum Gasteiger partial charge on any atom is 0.0291 e. The van der Waals surface area contributed by atoms with Crippen LogP contribution in [-0.4, -0.2) is 25.2 Å². The van der Waals surface area contributed by atoms with E-state index < -0.39 is 0 Å². The molecule has 0 unspecified atom stereocenters. The second-order valence-corrected chi connectivity index (χ2v) is 3.10. The van der Waals surface area contributed by atoms with Gasteiger partial charge in [0.1, 0.15) is 0 Å². The van der Waals surface area contributed by atoms with Gasteiger partial charge in [-0.1, -0.05) is 0 Å². The maximum absolute atomic E-state index is 5.52. The Kier molecular flexibility index (Phi) is 6.51. The molecule has 0 aromatic rings. The molecule has 2 atom stereocenters. The summed E-state index contributed by atoms with van der Waals surface area (Å²) in [5, 5.41) is 6.10. The van der Waals surface area contributed by atoms with Crippen molar-refractivity contribution in [3.8, 4) is 0 Å². The van der Waals surface area contributed by atoms with Crippen molar-refractivity contribution in [2.45, 2.75) is 25.9 Å². The third-order valence-electron chi connectivity index (χ3n) is 1.20. The van der Waals surface area contributed by atoms with Crippen LogP contribution in [0.3, 0.4) is 0 Å². The van der Waals surface area contributed by atoms with Gasteiger partial charge in [0.25, 0.3) is 0 Å². The van der Waals surface area contributed by atoms with E-state index in [2.05, 4.69) is 10.6 Å². The van der Waals surface area contributed by atoms with E-state index in [0.717, 1.165) is 13.1 Å². The van der Waals surface area contributed by atoms with Crippen LogP contribution in [0.25, 0.3) is 0 Å². The standard InChI is InChI=1S/C8H20N4/c1-7(9)5-11-3-4-12-6-8(2)10/h3-4,7-8,11-12H,5-6,9-10H2,1-2H3/b4-3-/t7-,8-/m1/s1. The van der Waals surface area contributed by atoms with Crippen LogP contribution in [0.15, 0.2) is 12.4 Å². The zero-order valence-corrected chi connectivity index (χ0v) is 7.88. The highest BCUT2D eigenvalue weighted by Gasteiger charge is 1.88. The van der Waals surface area contributed by atoms with E-state index in [-0.39, 0.29) is 12.1 Å². The first kappa shape index (κ1) is 11.3. The Morgan fingerprint density at radius 2 is 1.33 bits per heavy atom. The third-order valence-corrected chi connectivity index (χ3v) is 1.20. The summed E-state index contributed by atoms with van der Waals surface area (Å²) in [6.07, 6.45) is 3.68. The lowest BCUT2D eigenvalue weighted by Gasteiger charge is -2.05. The molecule has 0 rings (SSSR count). The van der Waals surface area contributed by atoms with Crippen LogP contribution in [0.5, 0.6) is 0 Å². The molecule has 0 aliphatic rings. The van der Waals surface area contributed by atoms with Crippen molar-refractivity contribution >= 4 is 0 Å². The van der Waals surface area contributed by atoms with Gasteiger partial charge < -0.3 is 22.1 Å². The summed E-state index contributed by atoms with van der Waals surface area (Å²) >= 11 is 0. The predicted molar refractivity (Wildman–Crippen MR) is 52.4 cm³/mol. The highest BCUT2D eigenvalue weighted by Crippen LogP contribution is 1.72. The minimum Gasteiger partial charge on any atom is -0.388 e. The Morgan fingerprint density at radius 1 is 1.00 bits per heavy atom. The van der Waals surface area contributed by atoms with Gasteiger partial charge in [0, 0.05) is 37.6 Å². The molecule has 0 fully saturated rings. The van der Waals surface area contributed by atoms with Gasteiger partial charge in [0.05, 0.1) is 0 Å². The summed E-state index contributed by atoms with van der Waals surface area (Å²) in [4.78, 5) is 0. The number of hydrogen-bond acceptors (Lipinski definition) is 4. The van der Waals surface area contributed by atoms with Crippen LogP contribution >= 0.6 is 0 Å². The second kappa shape index (κ2) is 6.94. The summed E-state index contributed by atoms with van der Waals surface area (Å²) in [5.74, 6) is 0. The Hall–Kier alpha value is -0.740. The molecule has 0 aliphatic heterocycles. The average molecular weight is 172 g/mol. The molecular formula is C8H20N4. The molecule has 0 heterocycles.